The summed E-state index contributed by atoms with van der Waals surface area (Å²) in [6.07, 6.45) is 7.79. The van der Waals surface area contributed by atoms with Gasteiger partial charge in [0.2, 0.25) is 0 Å². The predicted octanol–water partition coefficient (Wildman–Crippen LogP) is 0.605. The van der Waals surface area contributed by atoms with E-state index in [0.717, 1.165) is 5.92 Å². The Morgan fingerprint density at radius 2 is 2.38 bits per heavy atom. The van der Waals surface area contributed by atoms with E-state index in [4.69, 9.17) is 12.2 Å². The van der Waals surface area contributed by atoms with Gasteiger partial charge in [0, 0.05) is 12.5 Å². The lowest BCUT2D eigenvalue weighted by Crippen LogP contribution is -2.13. The molecule has 1 unspecified atom stereocenters. The van der Waals surface area contributed by atoms with Crippen molar-refractivity contribution in [3.05, 3.63) is 0 Å². The van der Waals surface area contributed by atoms with Gasteiger partial charge in [0.25, 0.3) is 0 Å². The fourth-order valence-corrected chi connectivity index (χ4v) is 0.895. The quantitative estimate of drug-likeness (QED) is 0.516. The van der Waals surface area contributed by atoms with E-state index in [1.54, 1.807) is 0 Å². The molecule has 1 aliphatic rings. The molecule has 1 rings (SSSR count). The van der Waals surface area contributed by atoms with Crippen LogP contribution in [0.5, 0.6) is 0 Å². The molecule has 2 N–H and O–H groups in total. The van der Waals surface area contributed by atoms with Crippen molar-refractivity contribution in [3.63, 3.8) is 0 Å². The number of hydrogen-bond acceptors (Lipinski definition) is 1. The lowest BCUT2D eigenvalue weighted by molar-refractivity contribution is 0.601. The largest absolute Gasteiger partial charge is 0.329 e. The summed E-state index contributed by atoms with van der Waals surface area (Å²) in [6.45, 7) is 0.668. The third kappa shape index (κ3) is 1.02. The summed E-state index contributed by atoms with van der Waals surface area (Å²) in [7, 11) is 0. The maximum absolute atomic E-state index is 5.38. The van der Waals surface area contributed by atoms with Crippen LogP contribution < -0.4 is 5.73 Å². The predicted molar refractivity (Wildman–Crippen MR) is 34.1 cm³/mol. The first kappa shape index (κ1) is 5.65. The lowest BCUT2D eigenvalue weighted by atomic mass is 10.1. The number of nitrogens with two attached hydrogens (primary N) is 1. The van der Waals surface area contributed by atoms with Crippen LogP contribution in [0.2, 0.25) is 0 Å². The van der Waals surface area contributed by atoms with Crippen molar-refractivity contribution in [1.29, 1.82) is 0 Å². The molecule has 1 aliphatic carbocycles. The van der Waals surface area contributed by atoms with Crippen molar-refractivity contribution >= 4 is 0 Å². The van der Waals surface area contributed by atoms with Crippen LogP contribution in [0.15, 0.2) is 0 Å². The van der Waals surface area contributed by atoms with Crippen LogP contribution in [0.4, 0.5) is 0 Å². The van der Waals surface area contributed by atoms with Crippen molar-refractivity contribution < 1.29 is 0 Å². The van der Waals surface area contributed by atoms with Crippen molar-refractivity contribution in [2.45, 2.75) is 12.8 Å². The van der Waals surface area contributed by atoms with Gasteiger partial charge in [-0.15, -0.1) is 12.3 Å². The Labute approximate surface area is 50.3 Å². The van der Waals surface area contributed by atoms with E-state index < -0.39 is 0 Å². The molecule has 0 saturated heterocycles. The van der Waals surface area contributed by atoms with E-state index in [-0.39, 0.29) is 0 Å². The second kappa shape index (κ2) is 2.19. The van der Waals surface area contributed by atoms with Crippen LogP contribution >= 0.6 is 0 Å². The molecule has 0 aliphatic heterocycles. The Morgan fingerprint density at radius 1 is 1.75 bits per heavy atom. The van der Waals surface area contributed by atoms with Gasteiger partial charge in [0.15, 0.2) is 0 Å². The molecule has 8 heavy (non-hydrogen) atoms. The van der Waals surface area contributed by atoms with E-state index in [0.29, 0.717) is 12.5 Å². The van der Waals surface area contributed by atoms with E-state index in [2.05, 4.69) is 5.92 Å². The molecule has 0 aromatic carbocycles. The Bertz CT molecular complexity index is 108. The average Bonchev–Trinajstić information content (AvgIpc) is 2.53. The van der Waals surface area contributed by atoms with Crippen LogP contribution in [-0.2, 0) is 0 Å². The van der Waals surface area contributed by atoms with Gasteiger partial charge in [-0.05, 0) is 18.8 Å². The van der Waals surface area contributed by atoms with E-state index in [1.165, 1.54) is 12.8 Å². The zero-order valence-corrected chi connectivity index (χ0v) is 4.93. The summed E-state index contributed by atoms with van der Waals surface area (Å²) in [6, 6.07) is 0. The summed E-state index contributed by atoms with van der Waals surface area (Å²) >= 11 is 0. The standard InChI is InChI=1S/C7H11N/c1-2-6(5-8)7-3-4-7/h1,6-7H,3-5,8H2. The zero-order valence-electron chi connectivity index (χ0n) is 4.93. The second-order valence-corrected chi connectivity index (χ2v) is 2.35. The number of rotatable bonds is 2. The third-order valence-corrected chi connectivity index (χ3v) is 1.66. The van der Waals surface area contributed by atoms with E-state index in [9.17, 15) is 0 Å². The van der Waals surface area contributed by atoms with Crippen LogP contribution in [-0.4, -0.2) is 6.54 Å². The molecule has 0 radical (unpaired) electrons. The molecule has 1 saturated carbocycles. The van der Waals surface area contributed by atoms with Gasteiger partial charge in [-0.1, -0.05) is 0 Å². The minimum atomic E-state index is 0.370. The SMILES string of the molecule is C#CC(CN)C1CC1. The molecule has 0 aromatic heterocycles. The molecule has 44 valence electrons. The first-order valence-electron chi connectivity index (χ1n) is 3.04. The molecule has 0 aromatic rings. The van der Waals surface area contributed by atoms with Gasteiger partial charge in [-0.25, -0.2) is 0 Å². The Morgan fingerprint density at radius 3 is 2.50 bits per heavy atom. The monoisotopic (exact) mass is 109 g/mol. The minimum Gasteiger partial charge on any atom is -0.329 e. The van der Waals surface area contributed by atoms with Crippen molar-refractivity contribution in [2.24, 2.45) is 17.6 Å². The van der Waals surface area contributed by atoms with E-state index in [1.807, 2.05) is 0 Å². The molecule has 0 amide bonds. The summed E-state index contributed by atoms with van der Waals surface area (Å²) in [4.78, 5) is 0. The molecule has 0 heterocycles. The molecular formula is C7H11N. The smallest absolute Gasteiger partial charge is 0.0350 e. The maximum atomic E-state index is 5.38. The third-order valence-electron chi connectivity index (χ3n) is 1.66. The van der Waals surface area contributed by atoms with Gasteiger partial charge in [0.05, 0.1) is 0 Å². The summed E-state index contributed by atoms with van der Waals surface area (Å²) in [5.74, 6) is 3.83. The molecule has 0 bridgehead atoms. The molecule has 1 nitrogen and oxygen atoms in total. The van der Waals surface area contributed by atoms with Crippen molar-refractivity contribution in [1.82, 2.24) is 0 Å². The normalized spacial score (nSPS) is 22.0. The fraction of sp³-hybridized carbons (Fsp3) is 0.714. The van der Waals surface area contributed by atoms with Crippen molar-refractivity contribution in [2.75, 3.05) is 6.54 Å². The Balaban J connectivity index is 2.29. The van der Waals surface area contributed by atoms with Crippen LogP contribution in [0.3, 0.4) is 0 Å². The zero-order chi connectivity index (χ0) is 5.98. The molecule has 1 fully saturated rings. The van der Waals surface area contributed by atoms with Gasteiger partial charge >= 0.3 is 0 Å². The number of hydrogen-bond donors (Lipinski definition) is 1. The fourth-order valence-electron chi connectivity index (χ4n) is 0.895. The van der Waals surface area contributed by atoms with Gasteiger partial charge < -0.3 is 5.73 Å². The summed E-state index contributed by atoms with van der Waals surface area (Å²) in [5.41, 5.74) is 5.38. The number of terminal acetylenes is 1. The summed E-state index contributed by atoms with van der Waals surface area (Å²) in [5, 5.41) is 0. The lowest BCUT2D eigenvalue weighted by Gasteiger charge is -2.01. The van der Waals surface area contributed by atoms with Crippen LogP contribution in [0.1, 0.15) is 12.8 Å². The average molecular weight is 109 g/mol. The highest BCUT2D eigenvalue weighted by molar-refractivity contribution is 5.01. The highest BCUT2D eigenvalue weighted by Gasteiger charge is 2.28. The molecular weight excluding hydrogens is 98.1 g/mol. The first-order valence-corrected chi connectivity index (χ1v) is 3.04. The first-order chi connectivity index (χ1) is 3.88. The van der Waals surface area contributed by atoms with Gasteiger partial charge in [-0.2, -0.15) is 0 Å². The maximum Gasteiger partial charge on any atom is 0.0350 e. The minimum absolute atomic E-state index is 0.370. The van der Waals surface area contributed by atoms with Crippen LogP contribution in [0.25, 0.3) is 0 Å². The highest BCUT2D eigenvalue weighted by Crippen LogP contribution is 2.35. The Kier molecular flexibility index (Phi) is 1.55. The summed E-state index contributed by atoms with van der Waals surface area (Å²) < 4.78 is 0. The molecule has 1 atom stereocenters. The Hall–Kier alpha value is -0.480. The van der Waals surface area contributed by atoms with E-state index >= 15 is 0 Å². The second-order valence-electron chi connectivity index (χ2n) is 2.35. The molecule has 1 heteroatoms. The van der Waals surface area contributed by atoms with Crippen LogP contribution in [0, 0.1) is 24.2 Å². The molecule has 0 spiro atoms. The van der Waals surface area contributed by atoms with Gasteiger partial charge in [-0.3, -0.25) is 0 Å². The van der Waals surface area contributed by atoms with Crippen molar-refractivity contribution in [3.8, 4) is 12.3 Å². The topological polar surface area (TPSA) is 26.0 Å². The van der Waals surface area contributed by atoms with Gasteiger partial charge in [0.1, 0.15) is 0 Å². The highest BCUT2D eigenvalue weighted by atomic mass is 14.6.